The molecular weight excluding hydrogens is 214 g/mol. The number of hydrogen-bond donors (Lipinski definition) is 2. The van der Waals surface area contributed by atoms with Gasteiger partial charge in [-0.25, -0.2) is 9.97 Å². The smallest absolute Gasteiger partial charge is 0.120 e. The highest BCUT2D eigenvalue weighted by Gasteiger charge is 2.08. The monoisotopic (exact) mass is 229 g/mol. The Hall–Kier alpha value is -1.94. The first kappa shape index (κ1) is 11.5. The summed E-state index contributed by atoms with van der Waals surface area (Å²) < 4.78 is 0. The molecule has 1 heterocycles. The molecule has 0 aliphatic heterocycles. The van der Waals surface area contributed by atoms with Gasteiger partial charge in [-0.1, -0.05) is 18.2 Å². The summed E-state index contributed by atoms with van der Waals surface area (Å²) in [5.74, 6) is 0.315. The van der Waals surface area contributed by atoms with E-state index in [4.69, 9.17) is 0 Å². The summed E-state index contributed by atoms with van der Waals surface area (Å²) in [5, 5.41) is 13.0. The third-order valence-corrected chi connectivity index (χ3v) is 2.64. The quantitative estimate of drug-likeness (QED) is 0.842. The van der Waals surface area contributed by atoms with E-state index in [1.54, 1.807) is 12.3 Å². The zero-order valence-corrected chi connectivity index (χ0v) is 9.67. The molecule has 2 N–H and O–H groups in total. The Labute approximate surface area is 100 Å². The number of benzene rings is 1. The van der Waals surface area contributed by atoms with Crippen LogP contribution in [0.1, 0.15) is 24.2 Å². The van der Waals surface area contributed by atoms with E-state index in [9.17, 15) is 5.11 Å². The van der Waals surface area contributed by atoms with E-state index in [1.165, 1.54) is 6.33 Å². The molecule has 0 spiro atoms. The van der Waals surface area contributed by atoms with Crippen molar-refractivity contribution in [2.45, 2.75) is 19.5 Å². The molecule has 0 aliphatic rings. The minimum atomic E-state index is 0.0752. The Bertz CT molecular complexity index is 473. The molecule has 88 valence electrons. The van der Waals surface area contributed by atoms with Crippen LogP contribution in [0, 0.1) is 0 Å². The lowest BCUT2D eigenvalue weighted by atomic mass is 10.1. The van der Waals surface area contributed by atoms with Crippen LogP contribution in [0.15, 0.2) is 42.9 Å². The molecule has 0 bridgehead atoms. The molecule has 4 nitrogen and oxygen atoms in total. The van der Waals surface area contributed by atoms with Crippen molar-refractivity contribution < 1.29 is 5.11 Å². The molecule has 1 aromatic heterocycles. The Morgan fingerprint density at radius 3 is 2.82 bits per heavy atom. The predicted octanol–water partition coefficient (Wildman–Crippen LogP) is 2.03. The van der Waals surface area contributed by atoms with Gasteiger partial charge in [0.05, 0.1) is 5.69 Å². The zero-order chi connectivity index (χ0) is 12.1. The first-order valence-electron chi connectivity index (χ1n) is 5.53. The van der Waals surface area contributed by atoms with Gasteiger partial charge in [-0.15, -0.1) is 0 Å². The van der Waals surface area contributed by atoms with Gasteiger partial charge < -0.3 is 10.4 Å². The molecule has 4 heteroatoms. The molecule has 0 radical (unpaired) electrons. The van der Waals surface area contributed by atoms with Gasteiger partial charge >= 0.3 is 0 Å². The third kappa shape index (κ3) is 3.01. The number of phenols is 1. The van der Waals surface area contributed by atoms with Crippen molar-refractivity contribution in [2.24, 2.45) is 0 Å². The first-order valence-corrected chi connectivity index (χ1v) is 5.53. The fourth-order valence-electron chi connectivity index (χ4n) is 1.64. The zero-order valence-electron chi connectivity index (χ0n) is 9.67. The number of hydrogen-bond acceptors (Lipinski definition) is 4. The molecular formula is C13H15N3O. The van der Waals surface area contributed by atoms with Crippen LogP contribution in [0.5, 0.6) is 5.75 Å². The van der Waals surface area contributed by atoms with Crippen LogP contribution in [-0.4, -0.2) is 15.1 Å². The van der Waals surface area contributed by atoms with Crippen LogP contribution in [0.3, 0.4) is 0 Å². The minimum Gasteiger partial charge on any atom is -0.508 e. The number of aromatic hydroxyl groups is 1. The second kappa shape index (κ2) is 5.41. The van der Waals surface area contributed by atoms with Crippen molar-refractivity contribution in [3.05, 3.63) is 54.1 Å². The number of para-hydroxylation sites is 1. The average Bonchev–Trinajstić information content (AvgIpc) is 2.38. The number of phenolic OH excluding ortho intramolecular Hbond substituents is 1. The van der Waals surface area contributed by atoms with Crippen molar-refractivity contribution in [3.8, 4) is 5.75 Å². The summed E-state index contributed by atoms with van der Waals surface area (Å²) in [5.41, 5.74) is 1.82. The number of aromatic nitrogens is 2. The van der Waals surface area contributed by atoms with E-state index in [1.807, 2.05) is 31.2 Å². The second-order valence-corrected chi connectivity index (χ2v) is 3.86. The molecule has 0 aliphatic carbocycles. The summed E-state index contributed by atoms with van der Waals surface area (Å²) in [4.78, 5) is 8.00. The fraction of sp³-hybridized carbons (Fsp3) is 0.231. The second-order valence-electron chi connectivity index (χ2n) is 3.86. The molecule has 1 atom stereocenters. The van der Waals surface area contributed by atoms with E-state index in [-0.39, 0.29) is 6.04 Å². The molecule has 2 aromatic rings. The van der Waals surface area contributed by atoms with Gasteiger partial charge in [0, 0.05) is 24.3 Å². The summed E-state index contributed by atoms with van der Waals surface area (Å²) in [6.07, 6.45) is 3.25. The summed E-state index contributed by atoms with van der Waals surface area (Å²) in [6, 6.07) is 9.27. The number of rotatable bonds is 4. The van der Waals surface area contributed by atoms with Crippen LogP contribution < -0.4 is 5.32 Å². The standard InChI is InChI=1S/C13H15N3O/c1-10(12-4-2-3-5-13(12)17)15-8-11-6-7-14-9-16-11/h2-7,9-10,15,17H,8H2,1H3. The lowest BCUT2D eigenvalue weighted by Gasteiger charge is -2.15. The van der Waals surface area contributed by atoms with Crippen LogP contribution >= 0.6 is 0 Å². The van der Waals surface area contributed by atoms with Crippen LogP contribution in [0.25, 0.3) is 0 Å². The van der Waals surface area contributed by atoms with E-state index >= 15 is 0 Å². The van der Waals surface area contributed by atoms with Gasteiger partial charge in [0.2, 0.25) is 0 Å². The lowest BCUT2D eigenvalue weighted by molar-refractivity contribution is 0.451. The predicted molar refractivity (Wildman–Crippen MR) is 65.4 cm³/mol. The molecule has 17 heavy (non-hydrogen) atoms. The van der Waals surface area contributed by atoms with Crippen LogP contribution in [0.4, 0.5) is 0 Å². The van der Waals surface area contributed by atoms with Crippen molar-refractivity contribution in [3.63, 3.8) is 0 Å². The van der Waals surface area contributed by atoms with Gasteiger partial charge in [0.15, 0.2) is 0 Å². The summed E-state index contributed by atoms with van der Waals surface area (Å²) >= 11 is 0. The van der Waals surface area contributed by atoms with Gasteiger partial charge in [-0.2, -0.15) is 0 Å². The Balaban J connectivity index is 1.99. The molecule has 0 fully saturated rings. The maximum Gasteiger partial charge on any atom is 0.120 e. The molecule has 1 aromatic carbocycles. The summed E-state index contributed by atoms with van der Waals surface area (Å²) in [7, 11) is 0. The van der Waals surface area contributed by atoms with Crippen molar-refractivity contribution >= 4 is 0 Å². The highest BCUT2D eigenvalue weighted by Crippen LogP contribution is 2.23. The molecule has 2 rings (SSSR count). The topological polar surface area (TPSA) is 58.0 Å². The molecule has 0 amide bonds. The molecule has 0 saturated heterocycles. The Kier molecular flexibility index (Phi) is 3.67. The fourth-order valence-corrected chi connectivity index (χ4v) is 1.64. The van der Waals surface area contributed by atoms with Crippen molar-refractivity contribution in [2.75, 3.05) is 0 Å². The van der Waals surface area contributed by atoms with Gasteiger partial charge in [-0.3, -0.25) is 0 Å². The van der Waals surface area contributed by atoms with E-state index in [2.05, 4.69) is 15.3 Å². The lowest BCUT2D eigenvalue weighted by Crippen LogP contribution is -2.18. The minimum absolute atomic E-state index is 0.0752. The van der Waals surface area contributed by atoms with Crippen LogP contribution in [-0.2, 0) is 6.54 Å². The van der Waals surface area contributed by atoms with Crippen molar-refractivity contribution in [1.29, 1.82) is 0 Å². The first-order chi connectivity index (χ1) is 8.27. The van der Waals surface area contributed by atoms with E-state index in [0.717, 1.165) is 11.3 Å². The Morgan fingerprint density at radius 2 is 2.12 bits per heavy atom. The van der Waals surface area contributed by atoms with Crippen LogP contribution in [0.2, 0.25) is 0 Å². The summed E-state index contributed by atoms with van der Waals surface area (Å²) in [6.45, 7) is 2.66. The van der Waals surface area contributed by atoms with Gasteiger partial charge in [0.1, 0.15) is 12.1 Å². The Morgan fingerprint density at radius 1 is 1.29 bits per heavy atom. The molecule has 1 unspecified atom stereocenters. The number of nitrogens with one attached hydrogen (secondary N) is 1. The highest BCUT2D eigenvalue weighted by molar-refractivity contribution is 5.34. The molecule has 0 saturated carbocycles. The average molecular weight is 229 g/mol. The van der Waals surface area contributed by atoms with Gasteiger partial charge in [0.25, 0.3) is 0 Å². The number of nitrogens with zero attached hydrogens (tertiary/aromatic N) is 2. The van der Waals surface area contributed by atoms with E-state index < -0.39 is 0 Å². The largest absolute Gasteiger partial charge is 0.508 e. The maximum atomic E-state index is 9.71. The maximum absolute atomic E-state index is 9.71. The van der Waals surface area contributed by atoms with Gasteiger partial charge in [-0.05, 0) is 19.1 Å². The highest BCUT2D eigenvalue weighted by atomic mass is 16.3. The SMILES string of the molecule is CC(NCc1ccncn1)c1ccccc1O. The van der Waals surface area contributed by atoms with Crippen molar-refractivity contribution in [1.82, 2.24) is 15.3 Å². The third-order valence-electron chi connectivity index (χ3n) is 2.64. The van der Waals surface area contributed by atoms with E-state index in [0.29, 0.717) is 12.3 Å². The normalized spacial score (nSPS) is 12.3.